The van der Waals surface area contributed by atoms with Crippen LogP contribution in [0.5, 0.6) is 0 Å². The molecule has 1 saturated heterocycles. The van der Waals surface area contributed by atoms with Crippen LogP contribution in [0.2, 0.25) is 0 Å². The molecule has 7 heteroatoms. The average molecular weight is 348 g/mol. The van der Waals surface area contributed by atoms with Gasteiger partial charge in [-0.3, -0.25) is 14.4 Å². The number of carbonyl (C=O) groups is 1. The third kappa shape index (κ3) is 4.66. The Kier molecular flexibility index (Phi) is 5.65. The molecular weight excluding hydrogens is 324 g/mol. The SMILES string of the molecule is Cc1cnn(C[C@H]2CN(CC(=O)N[C@H](C)c3cccs3)CCO2)c1. The van der Waals surface area contributed by atoms with E-state index < -0.39 is 0 Å². The van der Waals surface area contributed by atoms with E-state index in [-0.39, 0.29) is 18.1 Å². The molecule has 0 bridgehead atoms. The monoisotopic (exact) mass is 348 g/mol. The van der Waals surface area contributed by atoms with Crippen LogP contribution in [0.3, 0.4) is 0 Å². The highest BCUT2D eigenvalue weighted by Gasteiger charge is 2.23. The molecule has 1 aliphatic heterocycles. The summed E-state index contributed by atoms with van der Waals surface area (Å²) in [5, 5.41) is 9.40. The lowest BCUT2D eigenvalue weighted by Gasteiger charge is -2.32. The quantitative estimate of drug-likeness (QED) is 0.865. The third-order valence-corrected chi connectivity index (χ3v) is 5.15. The van der Waals surface area contributed by atoms with Crippen LogP contribution in [-0.4, -0.2) is 52.9 Å². The van der Waals surface area contributed by atoms with Gasteiger partial charge >= 0.3 is 0 Å². The summed E-state index contributed by atoms with van der Waals surface area (Å²) in [6.07, 6.45) is 3.93. The zero-order valence-electron chi connectivity index (χ0n) is 14.1. The number of hydrogen-bond donors (Lipinski definition) is 1. The number of nitrogens with zero attached hydrogens (tertiary/aromatic N) is 3. The Balaban J connectivity index is 1.47. The lowest BCUT2D eigenvalue weighted by atomic mass is 10.2. The van der Waals surface area contributed by atoms with Gasteiger partial charge in [0, 0.05) is 24.2 Å². The van der Waals surface area contributed by atoms with E-state index >= 15 is 0 Å². The van der Waals surface area contributed by atoms with Crippen LogP contribution >= 0.6 is 11.3 Å². The first-order valence-electron chi connectivity index (χ1n) is 8.26. The number of hydrogen-bond acceptors (Lipinski definition) is 5. The summed E-state index contributed by atoms with van der Waals surface area (Å²) in [5.74, 6) is 0.0616. The number of amides is 1. The molecule has 1 aliphatic rings. The Morgan fingerprint density at radius 3 is 3.17 bits per heavy atom. The lowest BCUT2D eigenvalue weighted by molar-refractivity contribution is -0.125. The van der Waals surface area contributed by atoms with Gasteiger partial charge in [0.2, 0.25) is 5.91 Å². The highest BCUT2D eigenvalue weighted by molar-refractivity contribution is 7.10. The van der Waals surface area contributed by atoms with Crippen molar-refractivity contribution < 1.29 is 9.53 Å². The van der Waals surface area contributed by atoms with E-state index in [1.807, 2.05) is 48.4 Å². The number of nitrogens with one attached hydrogen (secondary N) is 1. The van der Waals surface area contributed by atoms with E-state index in [9.17, 15) is 4.79 Å². The van der Waals surface area contributed by atoms with Crippen molar-refractivity contribution in [1.82, 2.24) is 20.0 Å². The Hall–Kier alpha value is -1.70. The molecular formula is C17H24N4O2S. The second-order valence-corrected chi connectivity index (χ2v) is 7.25. The first-order chi connectivity index (χ1) is 11.6. The zero-order valence-corrected chi connectivity index (χ0v) is 15.0. The molecule has 1 amide bonds. The van der Waals surface area contributed by atoms with Crippen molar-refractivity contribution in [3.63, 3.8) is 0 Å². The fourth-order valence-corrected chi connectivity index (χ4v) is 3.64. The number of ether oxygens (including phenoxy) is 1. The first-order valence-corrected chi connectivity index (χ1v) is 9.14. The van der Waals surface area contributed by atoms with Crippen LogP contribution in [0, 0.1) is 6.92 Å². The summed E-state index contributed by atoms with van der Waals surface area (Å²) in [7, 11) is 0. The van der Waals surface area contributed by atoms with E-state index in [2.05, 4.69) is 15.3 Å². The molecule has 1 N–H and O–H groups in total. The van der Waals surface area contributed by atoms with Gasteiger partial charge in [-0.05, 0) is 30.9 Å². The zero-order chi connectivity index (χ0) is 16.9. The van der Waals surface area contributed by atoms with Crippen LogP contribution in [0.1, 0.15) is 23.4 Å². The molecule has 0 radical (unpaired) electrons. The largest absolute Gasteiger partial charge is 0.374 e. The number of aromatic nitrogens is 2. The summed E-state index contributed by atoms with van der Waals surface area (Å²) < 4.78 is 7.72. The Labute approximate surface area is 146 Å². The Bertz CT molecular complexity index is 655. The Morgan fingerprint density at radius 1 is 1.58 bits per heavy atom. The minimum absolute atomic E-state index is 0.0568. The minimum Gasteiger partial charge on any atom is -0.374 e. The van der Waals surface area contributed by atoms with E-state index in [4.69, 9.17) is 4.74 Å². The molecule has 2 aromatic heterocycles. The molecule has 3 heterocycles. The van der Waals surface area contributed by atoms with Gasteiger partial charge in [0.05, 0.1) is 38.0 Å². The minimum atomic E-state index is 0.0568. The molecule has 0 unspecified atom stereocenters. The van der Waals surface area contributed by atoms with Crippen LogP contribution in [0.15, 0.2) is 29.9 Å². The molecule has 0 aromatic carbocycles. The second-order valence-electron chi connectivity index (χ2n) is 6.27. The number of aryl methyl sites for hydroxylation is 1. The summed E-state index contributed by atoms with van der Waals surface area (Å²) in [6, 6.07) is 4.11. The standard InChI is InChI=1S/C17H24N4O2S/c1-13-8-18-21(9-13)11-15-10-20(5-6-23-15)12-17(22)19-14(2)16-4-3-7-24-16/h3-4,7-9,14-15H,5-6,10-12H2,1-2H3,(H,19,22)/t14-,15-/m1/s1. The average Bonchev–Trinajstić information content (AvgIpc) is 3.19. The molecule has 1 fully saturated rings. The van der Waals surface area contributed by atoms with Crippen molar-refractivity contribution >= 4 is 17.2 Å². The summed E-state index contributed by atoms with van der Waals surface area (Å²) in [4.78, 5) is 15.6. The van der Waals surface area contributed by atoms with Crippen molar-refractivity contribution in [2.75, 3.05) is 26.2 Å². The Morgan fingerprint density at radius 2 is 2.46 bits per heavy atom. The van der Waals surface area contributed by atoms with Gasteiger partial charge in [-0.25, -0.2) is 0 Å². The first kappa shape index (κ1) is 17.1. The highest BCUT2D eigenvalue weighted by Crippen LogP contribution is 2.18. The van der Waals surface area contributed by atoms with Crippen LogP contribution < -0.4 is 5.32 Å². The van der Waals surface area contributed by atoms with Crippen molar-refractivity contribution in [3.05, 3.63) is 40.3 Å². The van der Waals surface area contributed by atoms with Gasteiger partial charge < -0.3 is 10.1 Å². The summed E-state index contributed by atoms with van der Waals surface area (Å²) in [6.45, 7) is 7.36. The van der Waals surface area contributed by atoms with Gasteiger partial charge in [0.1, 0.15) is 0 Å². The van der Waals surface area contributed by atoms with Gasteiger partial charge in [-0.1, -0.05) is 6.07 Å². The molecule has 24 heavy (non-hydrogen) atoms. The predicted octanol–water partition coefficient (Wildman–Crippen LogP) is 1.83. The van der Waals surface area contributed by atoms with E-state index in [1.165, 1.54) is 4.88 Å². The molecule has 2 atom stereocenters. The van der Waals surface area contributed by atoms with Crippen LogP contribution in [-0.2, 0) is 16.1 Å². The van der Waals surface area contributed by atoms with Gasteiger partial charge in [0.25, 0.3) is 0 Å². The molecule has 2 aromatic rings. The maximum Gasteiger partial charge on any atom is 0.234 e. The number of carbonyl (C=O) groups excluding carboxylic acids is 1. The predicted molar refractivity (Wildman–Crippen MR) is 94.0 cm³/mol. The summed E-state index contributed by atoms with van der Waals surface area (Å²) >= 11 is 1.66. The van der Waals surface area contributed by atoms with E-state index in [1.54, 1.807) is 11.3 Å². The molecule has 0 spiro atoms. The smallest absolute Gasteiger partial charge is 0.234 e. The van der Waals surface area contributed by atoms with Crippen molar-refractivity contribution in [3.8, 4) is 0 Å². The molecule has 6 nitrogen and oxygen atoms in total. The normalized spacial score (nSPS) is 20.0. The number of thiophene rings is 1. The molecule has 0 aliphatic carbocycles. The van der Waals surface area contributed by atoms with Crippen LogP contribution in [0.25, 0.3) is 0 Å². The maximum absolute atomic E-state index is 12.3. The molecule has 0 saturated carbocycles. The summed E-state index contributed by atoms with van der Waals surface area (Å²) in [5.41, 5.74) is 1.14. The highest BCUT2D eigenvalue weighted by atomic mass is 32.1. The fourth-order valence-electron chi connectivity index (χ4n) is 2.91. The number of morpholine rings is 1. The maximum atomic E-state index is 12.3. The van der Waals surface area contributed by atoms with E-state index in [0.717, 1.165) is 25.2 Å². The van der Waals surface area contributed by atoms with Crippen molar-refractivity contribution in [2.24, 2.45) is 0 Å². The molecule has 130 valence electrons. The van der Waals surface area contributed by atoms with Crippen LogP contribution in [0.4, 0.5) is 0 Å². The number of rotatable bonds is 6. The fraction of sp³-hybridized carbons (Fsp3) is 0.529. The third-order valence-electron chi connectivity index (χ3n) is 4.09. The lowest BCUT2D eigenvalue weighted by Crippen LogP contribution is -2.48. The second kappa shape index (κ2) is 7.92. The van der Waals surface area contributed by atoms with Gasteiger partial charge in [-0.2, -0.15) is 5.10 Å². The van der Waals surface area contributed by atoms with Crippen molar-refractivity contribution in [1.29, 1.82) is 0 Å². The molecule has 3 rings (SSSR count). The van der Waals surface area contributed by atoms with Gasteiger partial charge in [-0.15, -0.1) is 11.3 Å². The van der Waals surface area contributed by atoms with Gasteiger partial charge in [0.15, 0.2) is 0 Å². The van der Waals surface area contributed by atoms with Crippen molar-refractivity contribution in [2.45, 2.75) is 32.5 Å². The van der Waals surface area contributed by atoms with E-state index in [0.29, 0.717) is 13.2 Å². The topological polar surface area (TPSA) is 59.4 Å².